The van der Waals surface area contributed by atoms with Gasteiger partial charge >= 0.3 is 0 Å². The molecule has 1 aromatic heterocycles. The highest BCUT2D eigenvalue weighted by atomic mass is 16.1. The lowest BCUT2D eigenvalue weighted by molar-refractivity contribution is 0.100. The molecule has 3 rings (SSSR count). The molecule has 1 aliphatic carbocycles. The first-order valence-corrected chi connectivity index (χ1v) is 12.2. The Kier molecular flexibility index (Phi) is 10.3. The highest BCUT2D eigenvalue weighted by Gasteiger charge is 2.22. The summed E-state index contributed by atoms with van der Waals surface area (Å²) in [5.41, 5.74) is 8.09. The lowest BCUT2D eigenvalue weighted by atomic mass is 9.84. The Bertz CT molecular complexity index is 830. The van der Waals surface area contributed by atoms with Gasteiger partial charge in [0, 0.05) is 24.0 Å². The molecule has 172 valence electrons. The zero-order valence-electron chi connectivity index (χ0n) is 20.1. The Hall–Kier alpha value is -2.14. The number of hydrogen-bond donors (Lipinski definition) is 3. The van der Waals surface area contributed by atoms with Crippen molar-refractivity contribution in [2.75, 3.05) is 11.9 Å². The van der Waals surface area contributed by atoms with Crippen LogP contribution in [0.1, 0.15) is 88.6 Å². The van der Waals surface area contributed by atoms with Crippen LogP contribution in [0.25, 0.3) is 10.9 Å². The van der Waals surface area contributed by atoms with Crippen LogP contribution < -0.4 is 16.4 Å². The number of primary amides is 1. The fourth-order valence-electron chi connectivity index (χ4n) is 4.53. The molecule has 2 aromatic rings. The van der Waals surface area contributed by atoms with Crippen molar-refractivity contribution in [3.8, 4) is 0 Å². The highest BCUT2D eigenvalue weighted by molar-refractivity contribution is 6.01. The monoisotopic (exact) mass is 426 g/mol. The van der Waals surface area contributed by atoms with Crippen LogP contribution in [-0.4, -0.2) is 29.5 Å². The van der Waals surface area contributed by atoms with Crippen LogP contribution in [-0.2, 0) is 0 Å². The van der Waals surface area contributed by atoms with Crippen molar-refractivity contribution >= 4 is 22.6 Å². The number of aryl methyl sites for hydroxylation is 1. The Labute approximate surface area is 188 Å². The quantitative estimate of drug-likeness (QED) is 0.473. The summed E-state index contributed by atoms with van der Waals surface area (Å²) in [7, 11) is 0. The third-order valence-electron chi connectivity index (χ3n) is 6.37. The Morgan fingerprint density at radius 2 is 1.90 bits per heavy atom. The molecule has 0 aliphatic heterocycles. The zero-order valence-corrected chi connectivity index (χ0v) is 20.1. The van der Waals surface area contributed by atoms with E-state index >= 15 is 0 Å². The molecule has 31 heavy (non-hydrogen) atoms. The highest BCUT2D eigenvalue weighted by Crippen LogP contribution is 2.27. The number of carbonyl (C=O) groups is 1. The maximum Gasteiger partial charge on any atom is 0.252 e. The summed E-state index contributed by atoms with van der Waals surface area (Å²) in [5, 5.41) is 8.15. The fourth-order valence-corrected chi connectivity index (χ4v) is 4.53. The van der Waals surface area contributed by atoms with Crippen molar-refractivity contribution in [2.24, 2.45) is 11.7 Å². The number of nitrogens with one attached hydrogen (secondary N) is 2. The molecular weight excluding hydrogens is 384 g/mol. The van der Waals surface area contributed by atoms with Gasteiger partial charge in [0.2, 0.25) is 0 Å². The first kappa shape index (κ1) is 25.1. The number of pyridine rings is 1. The number of nitrogens with two attached hydrogens (primary N) is 1. The number of benzene rings is 1. The van der Waals surface area contributed by atoms with E-state index in [1.165, 1.54) is 32.1 Å². The van der Waals surface area contributed by atoms with Gasteiger partial charge in [-0.3, -0.25) is 4.79 Å². The number of anilines is 1. The van der Waals surface area contributed by atoms with Gasteiger partial charge in [-0.1, -0.05) is 51.7 Å². The van der Waals surface area contributed by atoms with E-state index in [0.717, 1.165) is 41.8 Å². The van der Waals surface area contributed by atoms with Gasteiger partial charge in [-0.25, -0.2) is 4.98 Å². The van der Waals surface area contributed by atoms with Gasteiger partial charge in [-0.05, 0) is 63.6 Å². The van der Waals surface area contributed by atoms with Crippen molar-refractivity contribution < 1.29 is 4.79 Å². The molecule has 2 atom stereocenters. The minimum Gasteiger partial charge on any atom is -0.369 e. The van der Waals surface area contributed by atoms with Gasteiger partial charge in [0.05, 0.1) is 11.1 Å². The second-order valence-electron chi connectivity index (χ2n) is 8.62. The summed E-state index contributed by atoms with van der Waals surface area (Å²) >= 11 is 0. The van der Waals surface area contributed by atoms with Crippen LogP contribution >= 0.6 is 0 Å². The van der Waals surface area contributed by atoms with Crippen LogP contribution in [0.2, 0.25) is 0 Å². The Balaban J connectivity index is 0.00000166. The lowest BCUT2D eigenvalue weighted by Crippen LogP contribution is -2.42. The van der Waals surface area contributed by atoms with Crippen LogP contribution in [0.3, 0.4) is 0 Å². The van der Waals surface area contributed by atoms with Crippen LogP contribution in [0, 0.1) is 12.8 Å². The molecular formula is C26H42N4O. The molecule has 0 saturated heterocycles. The Morgan fingerprint density at radius 1 is 1.19 bits per heavy atom. The second kappa shape index (κ2) is 12.7. The second-order valence-corrected chi connectivity index (χ2v) is 8.62. The third kappa shape index (κ3) is 7.20. The van der Waals surface area contributed by atoms with E-state index in [9.17, 15) is 4.79 Å². The average Bonchev–Trinajstić information content (AvgIpc) is 2.79. The van der Waals surface area contributed by atoms with Gasteiger partial charge in [-0.2, -0.15) is 0 Å². The summed E-state index contributed by atoms with van der Waals surface area (Å²) in [6.45, 7) is 11.4. The fraction of sp³-hybridized carbons (Fsp3) is 0.615. The first-order valence-electron chi connectivity index (χ1n) is 12.2. The number of aromatic nitrogens is 1. The molecule has 1 heterocycles. The van der Waals surface area contributed by atoms with Gasteiger partial charge < -0.3 is 16.4 Å². The standard InChI is InChI=1S/C24H36N4O.C2H6/c1-4-20(27-17(3)18-8-6-5-7-9-18)12-13-26-24-21(23(25)29)15-19-14-16(2)10-11-22(19)28-24;1-2/h10-11,14-15,17-18,20,27H,4-9,12-13H2,1-3H3,(H2,25,29)(H,26,28);1-2H3. The number of carbonyl (C=O) groups excluding carboxylic acids is 1. The van der Waals surface area contributed by atoms with Gasteiger partial charge in [0.1, 0.15) is 5.82 Å². The van der Waals surface area contributed by atoms with Gasteiger partial charge in [-0.15, -0.1) is 0 Å². The van der Waals surface area contributed by atoms with Gasteiger partial charge in [0.15, 0.2) is 0 Å². The smallest absolute Gasteiger partial charge is 0.252 e. The maximum absolute atomic E-state index is 12.0. The van der Waals surface area contributed by atoms with Crippen molar-refractivity contribution in [3.05, 3.63) is 35.4 Å². The SMILES string of the molecule is CC.CCC(CCNc1nc2ccc(C)cc2cc1C(N)=O)NC(C)C1CCCCC1. The minimum atomic E-state index is -0.445. The average molecular weight is 427 g/mol. The van der Waals surface area contributed by atoms with Crippen LogP contribution in [0.15, 0.2) is 24.3 Å². The van der Waals surface area contributed by atoms with Crippen LogP contribution in [0.4, 0.5) is 5.82 Å². The van der Waals surface area contributed by atoms with Crippen molar-refractivity contribution in [1.82, 2.24) is 10.3 Å². The summed E-state index contributed by atoms with van der Waals surface area (Å²) < 4.78 is 0. The van der Waals surface area contributed by atoms with E-state index in [1.807, 2.05) is 45.0 Å². The molecule has 0 bridgehead atoms. The molecule has 5 heteroatoms. The minimum absolute atomic E-state index is 0.445. The molecule has 5 nitrogen and oxygen atoms in total. The topological polar surface area (TPSA) is 80.0 Å². The Morgan fingerprint density at radius 3 is 2.55 bits per heavy atom. The number of rotatable bonds is 9. The lowest BCUT2D eigenvalue weighted by Gasteiger charge is -2.31. The van der Waals surface area contributed by atoms with E-state index in [1.54, 1.807) is 0 Å². The number of hydrogen-bond acceptors (Lipinski definition) is 4. The molecule has 1 fully saturated rings. The zero-order chi connectivity index (χ0) is 22.8. The van der Waals surface area contributed by atoms with Crippen molar-refractivity contribution in [1.29, 1.82) is 0 Å². The summed E-state index contributed by atoms with van der Waals surface area (Å²) in [4.78, 5) is 16.6. The summed E-state index contributed by atoms with van der Waals surface area (Å²) in [5.74, 6) is 0.946. The number of nitrogens with zero attached hydrogens (tertiary/aromatic N) is 1. The predicted molar refractivity (Wildman–Crippen MR) is 133 cm³/mol. The van der Waals surface area contributed by atoms with E-state index in [4.69, 9.17) is 5.73 Å². The molecule has 1 aliphatic rings. The largest absolute Gasteiger partial charge is 0.369 e. The number of amides is 1. The molecule has 4 N–H and O–H groups in total. The summed E-state index contributed by atoms with van der Waals surface area (Å²) in [6, 6.07) is 8.92. The molecule has 2 unspecified atom stereocenters. The van der Waals surface area contributed by atoms with E-state index < -0.39 is 5.91 Å². The van der Waals surface area contributed by atoms with Crippen molar-refractivity contribution in [3.63, 3.8) is 0 Å². The number of fused-ring (bicyclic) bond motifs is 1. The molecule has 0 radical (unpaired) electrons. The third-order valence-corrected chi connectivity index (χ3v) is 6.37. The van der Waals surface area contributed by atoms with E-state index in [0.29, 0.717) is 23.5 Å². The normalized spacial score (nSPS) is 16.3. The predicted octanol–water partition coefficient (Wildman–Crippen LogP) is 5.81. The molecule has 0 spiro atoms. The van der Waals surface area contributed by atoms with Gasteiger partial charge in [0.25, 0.3) is 5.91 Å². The summed E-state index contributed by atoms with van der Waals surface area (Å²) in [6.07, 6.45) is 8.92. The molecule has 1 saturated carbocycles. The molecule has 1 amide bonds. The van der Waals surface area contributed by atoms with E-state index in [2.05, 4.69) is 29.5 Å². The maximum atomic E-state index is 12.0. The first-order chi connectivity index (χ1) is 15.0. The van der Waals surface area contributed by atoms with Crippen molar-refractivity contribution in [2.45, 2.75) is 91.6 Å². The molecule has 1 aromatic carbocycles. The van der Waals surface area contributed by atoms with E-state index in [-0.39, 0.29) is 0 Å². The van der Waals surface area contributed by atoms with Crippen LogP contribution in [0.5, 0.6) is 0 Å².